The van der Waals surface area contributed by atoms with Crippen molar-refractivity contribution in [2.75, 3.05) is 4.90 Å². The minimum absolute atomic E-state index is 0. The first-order valence-electron chi connectivity index (χ1n) is 7.72. The number of fused-ring (bicyclic) bond motifs is 1. The van der Waals surface area contributed by atoms with Crippen LogP contribution < -0.4 is 10.0 Å². The Balaban J connectivity index is 0.00000312. The van der Waals surface area contributed by atoms with Crippen molar-refractivity contribution >= 4 is 38.7 Å². The lowest BCUT2D eigenvalue weighted by Crippen LogP contribution is -2.36. The maximum Gasteiger partial charge on any atom is 0.303 e. The SMILES string of the molecule is Br.CC1N(C#CCCCC(=O)O)c2ccc(S(N)(=O)=O)cc2C1(C)C. The molecule has 0 bridgehead atoms. The summed E-state index contributed by atoms with van der Waals surface area (Å²) in [5.41, 5.74) is 1.47. The first kappa shape index (κ1) is 21.5. The van der Waals surface area contributed by atoms with Gasteiger partial charge in [-0.15, -0.1) is 17.0 Å². The van der Waals surface area contributed by atoms with Gasteiger partial charge >= 0.3 is 5.97 Å². The summed E-state index contributed by atoms with van der Waals surface area (Å²) < 4.78 is 23.2. The first-order chi connectivity index (χ1) is 11.0. The van der Waals surface area contributed by atoms with Gasteiger partial charge in [0.2, 0.25) is 10.0 Å². The minimum atomic E-state index is -3.75. The van der Waals surface area contributed by atoms with E-state index in [1.807, 2.05) is 25.7 Å². The van der Waals surface area contributed by atoms with Crippen LogP contribution in [-0.4, -0.2) is 25.5 Å². The highest BCUT2D eigenvalue weighted by molar-refractivity contribution is 8.93. The maximum absolute atomic E-state index is 11.6. The number of carboxylic acid groups (broad SMARTS) is 1. The third kappa shape index (κ3) is 4.54. The molecule has 8 heteroatoms. The Morgan fingerprint density at radius 3 is 2.60 bits per heavy atom. The summed E-state index contributed by atoms with van der Waals surface area (Å²) in [7, 11) is -3.75. The molecule has 0 amide bonds. The molecule has 0 aliphatic carbocycles. The molecule has 3 N–H and O–H groups in total. The number of hydrogen-bond acceptors (Lipinski definition) is 4. The molecule has 2 rings (SSSR count). The van der Waals surface area contributed by atoms with Crippen LogP contribution in [0, 0.1) is 12.0 Å². The molecule has 1 atom stereocenters. The molecule has 1 aromatic carbocycles. The Kier molecular flexibility index (Phi) is 6.68. The average Bonchev–Trinajstić information content (AvgIpc) is 2.66. The summed E-state index contributed by atoms with van der Waals surface area (Å²) in [5.74, 6) is 2.18. The van der Waals surface area contributed by atoms with Crippen molar-refractivity contribution in [3.8, 4) is 12.0 Å². The fourth-order valence-corrected chi connectivity index (χ4v) is 3.34. The molecule has 0 aromatic heterocycles. The largest absolute Gasteiger partial charge is 0.481 e. The maximum atomic E-state index is 11.6. The van der Waals surface area contributed by atoms with Crippen LogP contribution in [0.2, 0.25) is 0 Å². The molecule has 0 radical (unpaired) electrons. The number of nitrogens with zero attached hydrogens (tertiary/aromatic N) is 1. The first-order valence-corrected chi connectivity index (χ1v) is 9.26. The molecule has 6 nitrogen and oxygen atoms in total. The zero-order chi connectivity index (χ0) is 18.1. The number of nitrogens with two attached hydrogens (primary N) is 1. The van der Waals surface area contributed by atoms with E-state index in [1.54, 1.807) is 12.1 Å². The van der Waals surface area contributed by atoms with Crippen LogP contribution >= 0.6 is 17.0 Å². The monoisotopic (exact) mass is 430 g/mol. The number of aliphatic carboxylic acids is 1. The van der Waals surface area contributed by atoms with Crippen molar-refractivity contribution < 1.29 is 18.3 Å². The number of anilines is 1. The summed E-state index contributed by atoms with van der Waals surface area (Å²) in [4.78, 5) is 12.5. The summed E-state index contributed by atoms with van der Waals surface area (Å²) >= 11 is 0. The molecule has 1 aliphatic heterocycles. The Labute approximate surface area is 159 Å². The highest BCUT2D eigenvalue weighted by atomic mass is 79.9. The van der Waals surface area contributed by atoms with Gasteiger partial charge in [-0.05, 0) is 37.1 Å². The molecular weight excluding hydrogens is 408 g/mol. The lowest BCUT2D eigenvalue weighted by atomic mass is 9.81. The van der Waals surface area contributed by atoms with Gasteiger partial charge in [-0.25, -0.2) is 13.6 Å². The van der Waals surface area contributed by atoms with Gasteiger partial charge in [-0.1, -0.05) is 19.8 Å². The lowest BCUT2D eigenvalue weighted by molar-refractivity contribution is -0.137. The molecule has 0 saturated carbocycles. The van der Waals surface area contributed by atoms with Crippen LogP contribution in [0.15, 0.2) is 23.1 Å². The van der Waals surface area contributed by atoms with E-state index in [9.17, 15) is 13.2 Å². The molecule has 0 saturated heterocycles. The van der Waals surface area contributed by atoms with E-state index in [4.69, 9.17) is 10.2 Å². The fraction of sp³-hybridized carbons (Fsp3) is 0.471. The molecule has 0 fully saturated rings. The number of carbonyl (C=O) groups is 1. The van der Waals surface area contributed by atoms with Gasteiger partial charge in [0.15, 0.2) is 0 Å². The normalized spacial score (nSPS) is 17.9. The summed E-state index contributed by atoms with van der Waals surface area (Å²) in [5, 5.41) is 13.9. The van der Waals surface area contributed by atoms with E-state index in [0.717, 1.165) is 11.3 Å². The van der Waals surface area contributed by atoms with Crippen LogP contribution in [0.5, 0.6) is 0 Å². The van der Waals surface area contributed by atoms with Gasteiger partial charge < -0.3 is 5.11 Å². The average molecular weight is 431 g/mol. The predicted octanol–water partition coefficient (Wildman–Crippen LogP) is 2.61. The topological polar surface area (TPSA) is 101 Å². The predicted molar refractivity (Wildman–Crippen MR) is 102 cm³/mol. The van der Waals surface area contributed by atoms with E-state index in [0.29, 0.717) is 12.8 Å². The Morgan fingerprint density at radius 1 is 1.40 bits per heavy atom. The highest BCUT2D eigenvalue weighted by Crippen LogP contribution is 2.45. The van der Waals surface area contributed by atoms with E-state index in [-0.39, 0.29) is 39.8 Å². The van der Waals surface area contributed by atoms with Gasteiger partial charge in [0, 0.05) is 30.3 Å². The second-order valence-corrected chi connectivity index (χ2v) is 8.09. The third-order valence-corrected chi connectivity index (χ3v) is 5.48. The molecule has 1 aromatic rings. The smallest absolute Gasteiger partial charge is 0.303 e. The molecule has 1 heterocycles. The van der Waals surface area contributed by atoms with Gasteiger partial charge in [0.1, 0.15) is 0 Å². The fourth-order valence-electron chi connectivity index (χ4n) is 2.80. The highest BCUT2D eigenvalue weighted by Gasteiger charge is 2.42. The number of hydrogen-bond donors (Lipinski definition) is 2. The molecule has 1 aliphatic rings. The number of carboxylic acids is 1. The summed E-state index contributed by atoms with van der Waals surface area (Å²) in [6, 6.07) is 7.97. The summed E-state index contributed by atoms with van der Waals surface area (Å²) in [6.45, 7) is 6.10. The van der Waals surface area contributed by atoms with Crippen molar-refractivity contribution in [2.45, 2.75) is 56.4 Å². The van der Waals surface area contributed by atoms with Crippen LogP contribution in [-0.2, 0) is 20.2 Å². The van der Waals surface area contributed by atoms with Crippen molar-refractivity contribution in [1.82, 2.24) is 0 Å². The van der Waals surface area contributed by atoms with E-state index in [1.165, 1.54) is 6.07 Å². The quantitative estimate of drug-likeness (QED) is 0.564. The van der Waals surface area contributed by atoms with Gasteiger partial charge in [-0.3, -0.25) is 9.69 Å². The minimum Gasteiger partial charge on any atom is -0.481 e. The second kappa shape index (κ2) is 7.77. The molecular formula is C17H23BrN2O4S. The Hall–Kier alpha value is -1.56. The molecule has 25 heavy (non-hydrogen) atoms. The lowest BCUT2D eigenvalue weighted by Gasteiger charge is -2.27. The number of rotatable bonds is 4. The summed E-state index contributed by atoms with van der Waals surface area (Å²) in [6.07, 6.45) is 1.11. The zero-order valence-electron chi connectivity index (χ0n) is 14.4. The van der Waals surface area contributed by atoms with E-state index < -0.39 is 16.0 Å². The van der Waals surface area contributed by atoms with Crippen molar-refractivity contribution in [3.05, 3.63) is 23.8 Å². The van der Waals surface area contributed by atoms with Crippen LogP contribution in [0.4, 0.5) is 5.69 Å². The van der Waals surface area contributed by atoms with Gasteiger partial charge in [0.05, 0.1) is 10.6 Å². The van der Waals surface area contributed by atoms with E-state index >= 15 is 0 Å². The Bertz CT molecular complexity index is 825. The van der Waals surface area contributed by atoms with Crippen LogP contribution in [0.1, 0.15) is 45.6 Å². The molecule has 0 spiro atoms. The van der Waals surface area contributed by atoms with Crippen LogP contribution in [0.25, 0.3) is 0 Å². The van der Waals surface area contributed by atoms with Gasteiger partial charge in [0.25, 0.3) is 0 Å². The third-order valence-electron chi connectivity index (χ3n) is 4.57. The van der Waals surface area contributed by atoms with E-state index in [2.05, 4.69) is 12.0 Å². The van der Waals surface area contributed by atoms with Crippen LogP contribution in [0.3, 0.4) is 0 Å². The number of primary sulfonamides is 1. The van der Waals surface area contributed by atoms with Crippen molar-refractivity contribution in [2.24, 2.45) is 5.14 Å². The Morgan fingerprint density at radius 2 is 2.04 bits per heavy atom. The number of unbranched alkanes of at least 4 members (excludes halogenated alkanes) is 1. The van der Waals surface area contributed by atoms with Crippen molar-refractivity contribution in [3.63, 3.8) is 0 Å². The number of halogens is 1. The molecule has 1 unspecified atom stereocenters. The van der Waals surface area contributed by atoms with Gasteiger partial charge in [-0.2, -0.15) is 0 Å². The standard InChI is InChI=1S/C17H22N2O4S.BrH/c1-12-17(2,3)14-11-13(24(18,22)23)8-9-15(14)19(12)10-6-4-5-7-16(20)21;/h8-9,11-12H,4-5,7H2,1-3H3,(H,20,21)(H2,18,22,23);1H. The number of benzene rings is 1. The molecule has 138 valence electrons. The number of sulfonamides is 1. The zero-order valence-corrected chi connectivity index (χ0v) is 17.0. The second-order valence-electron chi connectivity index (χ2n) is 6.53. The van der Waals surface area contributed by atoms with Crippen molar-refractivity contribution in [1.29, 1.82) is 0 Å².